The molecule has 110 valence electrons. The zero-order valence-electron chi connectivity index (χ0n) is 12.2. The molecule has 3 unspecified atom stereocenters. The first-order chi connectivity index (χ1) is 9.45. The van der Waals surface area contributed by atoms with Crippen LogP contribution in [0.3, 0.4) is 0 Å². The van der Waals surface area contributed by atoms with E-state index in [2.05, 4.69) is 18.7 Å². The second-order valence-corrected chi connectivity index (χ2v) is 6.61. The number of β-amino-alcohol motifs (C(OH)–C–C–N with tert-alkyl or cyclic N) is 1. The minimum atomic E-state index is -0.451. The van der Waals surface area contributed by atoms with Gasteiger partial charge in [-0.15, -0.1) is 0 Å². The summed E-state index contributed by atoms with van der Waals surface area (Å²) in [5, 5.41) is 10.4. The van der Waals surface area contributed by atoms with Gasteiger partial charge in [0.05, 0.1) is 6.10 Å². The Hall–Kier alpha value is -0.970. The van der Waals surface area contributed by atoms with Gasteiger partial charge in [0.15, 0.2) is 0 Å². The number of nitrogens with two attached hydrogens (primary N) is 1. The van der Waals surface area contributed by atoms with Gasteiger partial charge in [0.1, 0.15) is 4.99 Å². The summed E-state index contributed by atoms with van der Waals surface area (Å²) in [6.07, 6.45) is 0.836. The van der Waals surface area contributed by atoms with Crippen molar-refractivity contribution in [3.05, 3.63) is 35.4 Å². The fourth-order valence-corrected chi connectivity index (χ4v) is 3.30. The average molecular weight is 292 g/mol. The number of hydrogen-bond acceptors (Lipinski definition) is 3. The predicted octanol–water partition coefficient (Wildman–Crippen LogP) is 2.33. The minimum Gasteiger partial charge on any atom is -0.389 e. The number of aliphatic hydroxyl groups is 1. The number of aliphatic hydroxyl groups excluding tert-OH is 1. The second-order valence-electron chi connectivity index (χ2n) is 6.17. The van der Waals surface area contributed by atoms with Crippen molar-refractivity contribution in [1.29, 1.82) is 0 Å². The first kappa shape index (κ1) is 15.4. The summed E-state index contributed by atoms with van der Waals surface area (Å²) >= 11 is 4.93. The molecule has 2 rings (SSSR count). The number of nitrogens with zero attached hydrogens (tertiary/aromatic N) is 1. The largest absolute Gasteiger partial charge is 0.389 e. The van der Waals surface area contributed by atoms with Crippen molar-refractivity contribution >= 4 is 17.2 Å². The van der Waals surface area contributed by atoms with E-state index in [1.54, 1.807) is 0 Å². The molecule has 0 saturated carbocycles. The summed E-state index contributed by atoms with van der Waals surface area (Å²) in [5.41, 5.74) is 7.35. The highest BCUT2D eigenvalue weighted by Crippen LogP contribution is 2.23. The van der Waals surface area contributed by atoms with Crippen molar-refractivity contribution < 1.29 is 5.11 Å². The van der Waals surface area contributed by atoms with Gasteiger partial charge in [-0.1, -0.05) is 50.3 Å². The van der Waals surface area contributed by atoms with Crippen LogP contribution in [-0.4, -0.2) is 34.6 Å². The molecule has 4 heteroatoms. The van der Waals surface area contributed by atoms with Gasteiger partial charge >= 0.3 is 0 Å². The molecule has 1 fully saturated rings. The Bertz CT molecular complexity index is 450. The lowest BCUT2D eigenvalue weighted by Gasteiger charge is -2.36. The molecule has 0 amide bonds. The average Bonchev–Trinajstić information content (AvgIpc) is 2.37. The van der Waals surface area contributed by atoms with E-state index >= 15 is 0 Å². The van der Waals surface area contributed by atoms with Gasteiger partial charge in [-0.25, -0.2) is 0 Å². The monoisotopic (exact) mass is 292 g/mol. The number of piperidine rings is 1. The topological polar surface area (TPSA) is 49.5 Å². The molecule has 0 radical (unpaired) electrons. The van der Waals surface area contributed by atoms with Gasteiger partial charge in [0.25, 0.3) is 0 Å². The lowest BCUT2D eigenvalue weighted by molar-refractivity contribution is 0.0699. The summed E-state index contributed by atoms with van der Waals surface area (Å²) in [4.78, 5) is 2.76. The Morgan fingerprint density at radius 3 is 2.35 bits per heavy atom. The van der Waals surface area contributed by atoms with E-state index in [0.717, 1.165) is 24.2 Å². The van der Waals surface area contributed by atoms with Crippen LogP contribution in [-0.2, 0) is 0 Å². The van der Waals surface area contributed by atoms with Crippen molar-refractivity contribution in [1.82, 2.24) is 4.90 Å². The quantitative estimate of drug-likeness (QED) is 0.836. The van der Waals surface area contributed by atoms with Gasteiger partial charge < -0.3 is 10.8 Å². The molecule has 1 aliphatic heterocycles. The van der Waals surface area contributed by atoms with Crippen molar-refractivity contribution in [2.75, 3.05) is 19.6 Å². The molecule has 0 aliphatic carbocycles. The van der Waals surface area contributed by atoms with Crippen LogP contribution in [0.4, 0.5) is 0 Å². The van der Waals surface area contributed by atoms with Crippen LogP contribution >= 0.6 is 12.2 Å². The SMILES string of the molecule is CC1CC(C)CN(CC(O)c2ccc(C(N)=S)cc2)C1. The molecular formula is C16H24N2OS. The first-order valence-electron chi connectivity index (χ1n) is 7.26. The number of thiocarbonyl (C=S) groups is 1. The van der Waals surface area contributed by atoms with Crippen LogP contribution in [0.25, 0.3) is 0 Å². The second kappa shape index (κ2) is 6.66. The zero-order valence-corrected chi connectivity index (χ0v) is 13.1. The normalized spacial score (nSPS) is 25.4. The van der Waals surface area contributed by atoms with Gasteiger partial charge in [-0.05, 0) is 23.8 Å². The molecule has 1 aliphatic rings. The highest BCUT2D eigenvalue weighted by atomic mass is 32.1. The Labute approximate surface area is 126 Å². The third kappa shape index (κ3) is 4.01. The molecule has 1 aromatic carbocycles. The van der Waals surface area contributed by atoms with E-state index in [1.807, 2.05) is 24.3 Å². The predicted molar refractivity (Wildman–Crippen MR) is 86.7 cm³/mol. The minimum absolute atomic E-state index is 0.393. The molecule has 0 spiro atoms. The molecule has 1 aromatic rings. The smallest absolute Gasteiger partial charge is 0.103 e. The summed E-state index contributed by atoms with van der Waals surface area (Å²) in [6.45, 7) is 7.41. The van der Waals surface area contributed by atoms with E-state index in [1.165, 1.54) is 6.42 Å². The third-order valence-electron chi connectivity index (χ3n) is 3.96. The van der Waals surface area contributed by atoms with E-state index in [4.69, 9.17) is 18.0 Å². The molecule has 0 bridgehead atoms. The summed E-state index contributed by atoms with van der Waals surface area (Å²) in [5.74, 6) is 1.42. The maximum atomic E-state index is 10.4. The fraction of sp³-hybridized carbons (Fsp3) is 0.562. The summed E-state index contributed by atoms with van der Waals surface area (Å²) in [7, 11) is 0. The molecule has 3 atom stereocenters. The molecule has 1 saturated heterocycles. The molecule has 0 aromatic heterocycles. The zero-order chi connectivity index (χ0) is 14.7. The van der Waals surface area contributed by atoms with E-state index in [9.17, 15) is 5.11 Å². The molecule has 20 heavy (non-hydrogen) atoms. The Morgan fingerprint density at radius 1 is 1.30 bits per heavy atom. The van der Waals surface area contributed by atoms with Crippen LogP contribution in [0.2, 0.25) is 0 Å². The van der Waals surface area contributed by atoms with Crippen LogP contribution in [0.5, 0.6) is 0 Å². The Kier molecular flexibility index (Phi) is 5.13. The van der Waals surface area contributed by atoms with Crippen molar-refractivity contribution in [2.24, 2.45) is 17.6 Å². The van der Waals surface area contributed by atoms with Crippen LogP contribution in [0.15, 0.2) is 24.3 Å². The highest BCUT2D eigenvalue weighted by molar-refractivity contribution is 7.80. The lowest BCUT2D eigenvalue weighted by atomic mass is 9.91. The maximum absolute atomic E-state index is 10.4. The Morgan fingerprint density at radius 2 is 1.85 bits per heavy atom. The van der Waals surface area contributed by atoms with Crippen molar-refractivity contribution in [3.63, 3.8) is 0 Å². The van der Waals surface area contributed by atoms with Gasteiger partial charge in [0.2, 0.25) is 0 Å². The molecule has 3 N–H and O–H groups in total. The number of hydrogen-bond donors (Lipinski definition) is 2. The van der Waals surface area contributed by atoms with Crippen molar-refractivity contribution in [3.8, 4) is 0 Å². The standard InChI is InChI=1S/C16H24N2OS/c1-11-7-12(2)9-18(8-11)10-15(19)13-3-5-14(6-4-13)16(17)20/h3-6,11-12,15,19H,7-10H2,1-2H3,(H2,17,20). The van der Waals surface area contributed by atoms with Gasteiger partial charge in [-0.3, -0.25) is 4.90 Å². The van der Waals surface area contributed by atoms with Crippen molar-refractivity contribution in [2.45, 2.75) is 26.4 Å². The van der Waals surface area contributed by atoms with E-state index < -0.39 is 6.10 Å². The van der Waals surface area contributed by atoms with Gasteiger partial charge in [0, 0.05) is 25.2 Å². The molecule has 1 heterocycles. The molecule has 3 nitrogen and oxygen atoms in total. The number of likely N-dealkylation sites (tertiary alicyclic amines) is 1. The summed E-state index contributed by atoms with van der Waals surface area (Å²) in [6, 6.07) is 7.58. The fourth-order valence-electron chi connectivity index (χ4n) is 3.16. The van der Waals surface area contributed by atoms with E-state index in [0.29, 0.717) is 23.4 Å². The highest BCUT2D eigenvalue weighted by Gasteiger charge is 2.23. The first-order valence-corrected chi connectivity index (χ1v) is 7.66. The summed E-state index contributed by atoms with van der Waals surface area (Å²) < 4.78 is 0. The van der Waals surface area contributed by atoms with Crippen LogP contribution in [0.1, 0.15) is 37.5 Å². The maximum Gasteiger partial charge on any atom is 0.103 e. The van der Waals surface area contributed by atoms with Crippen LogP contribution in [0, 0.1) is 11.8 Å². The Balaban J connectivity index is 1.97. The number of rotatable bonds is 4. The van der Waals surface area contributed by atoms with Crippen LogP contribution < -0.4 is 5.73 Å². The van der Waals surface area contributed by atoms with Gasteiger partial charge in [-0.2, -0.15) is 0 Å². The number of benzene rings is 1. The van der Waals surface area contributed by atoms with E-state index in [-0.39, 0.29) is 0 Å². The lowest BCUT2D eigenvalue weighted by Crippen LogP contribution is -2.40. The molecular weight excluding hydrogens is 268 g/mol. The third-order valence-corrected chi connectivity index (χ3v) is 4.19.